The number of hydrazine groups is 1. The number of hydrogen-bond acceptors (Lipinski definition) is 6. The molecule has 0 aliphatic rings. The summed E-state index contributed by atoms with van der Waals surface area (Å²) >= 11 is 0. The number of aliphatic hydroxyl groups is 1. The molecule has 1 heterocycles. The van der Waals surface area contributed by atoms with E-state index in [9.17, 15) is 5.11 Å². The zero-order valence-corrected chi connectivity index (χ0v) is 12.9. The van der Waals surface area contributed by atoms with Crippen LogP contribution in [0.5, 0.6) is 0 Å². The Bertz CT molecular complexity index is 417. The molecule has 114 valence electrons. The minimum Gasteiger partial charge on any atom is -0.391 e. The van der Waals surface area contributed by atoms with Crippen molar-refractivity contribution in [3.05, 3.63) is 11.9 Å². The fraction of sp³-hybridized carbons (Fsp3) is 0.714. The molecule has 0 aliphatic carbocycles. The molecule has 0 radical (unpaired) electrons. The topological polar surface area (TPSA) is 96.1 Å². The van der Waals surface area contributed by atoms with Crippen LogP contribution in [-0.2, 0) is 6.42 Å². The Labute approximate surface area is 121 Å². The van der Waals surface area contributed by atoms with Gasteiger partial charge in [-0.25, -0.2) is 15.8 Å². The van der Waals surface area contributed by atoms with E-state index in [1.54, 1.807) is 6.07 Å². The minimum absolute atomic E-state index is 0.101. The number of nitrogens with zero attached hydrogens (tertiary/aromatic N) is 2. The van der Waals surface area contributed by atoms with Crippen molar-refractivity contribution in [1.82, 2.24) is 9.97 Å². The van der Waals surface area contributed by atoms with Gasteiger partial charge in [0.05, 0.1) is 6.10 Å². The average Bonchev–Trinajstić information content (AvgIpc) is 2.34. The summed E-state index contributed by atoms with van der Waals surface area (Å²) in [6, 6.07) is 1.74. The Morgan fingerprint density at radius 3 is 2.50 bits per heavy atom. The summed E-state index contributed by atoms with van der Waals surface area (Å²) in [5, 5.41) is 13.1. The summed E-state index contributed by atoms with van der Waals surface area (Å²) < 4.78 is 0. The third-order valence-electron chi connectivity index (χ3n) is 2.76. The number of aromatic nitrogens is 2. The van der Waals surface area contributed by atoms with E-state index >= 15 is 0 Å². The maximum absolute atomic E-state index is 10.00. The molecule has 6 heteroatoms. The van der Waals surface area contributed by atoms with Crippen molar-refractivity contribution in [3.8, 4) is 0 Å². The lowest BCUT2D eigenvalue weighted by Crippen LogP contribution is -2.25. The molecular formula is C14H27N5O. The molecule has 0 spiro atoms. The summed E-state index contributed by atoms with van der Waals surface area (Å²) in [4.78, 5) is 8.69. The van der Waals surface area contributed by atoms with Gasteiger partial charge < -0.3 is 15.8 Å². The number of nitrogen functional groups attached to an aromatic ring is 1. The molecule has 1 rings (SSSR count). The van der Waals surface area contributed by atoms with Crippen molar-refractivity contribution in [2.75, 3.05) is 17.3 Å². The Kier molecular flexibility index (Phi) is 6.16. The summed E-state index contributed by atoms with van der Waals surface area (Å²) in [5.41, 5.74) is 2.64. The Balaban J connectivity index is 2.64. The number of aryl methyl sites for hydroxylation is 1. The smallest absolute Gasteiger partial charge is 0.145 e. The third-order valence-corrected chi connectivity index (χ3v) is 2.76. The fourth-order valence-corrected chi connectivity index (χ4v) is 2.00. The normalized spacial score (nSPS) is 13.1. The predicted octanol–water partition coefficient (Wildman–Crippen LogP) is 1.92. The molecule has 1 atom stereocenters. The van der Waals surface area contributed by atoms with Crippen LogP contribution in [0.2, 0.25) is 0 Å². The molecule has 5 N–H and O–H groups in total. The predicted molar refractivity (Wildman–Crippen MR) is 82.4 cm³/mol. The number of anilines is 2. The van der Waals surface area contributed by atoms with Gasteiger partial charge in [0.1, 0.15) is 17.5 Å². The van der Waals surface area contributed by atoms with Gasteiger partial charge in [0.15, 0.2) is 0 Å². The molecule has 1 aromatic rings. The summed E-state index contributed by atoms with van der Waals surface area (Å²) in [7, 11) is 0. The molecule has 20 heavy (non-hydrogen) atoms. The van der Waals surface area contributed by atoms with Gasteiger partial charge >= 0.3 is 0 Å². The minimum atomic E-state index is -0.408. The number of hydrogen-bond donors (Lipinski definition) is 4. The lowest BCUT2D eigenvalue weighted by Gasteiger charge is -2.22. The van der Waals surface area contributed by atoms with Gasteiger partial charge in [-0.1, -0.05) is 27.7 Å². The molecule has 0 aromatic carbocycles. The number of nitrogens with two attached hydrogens (primary N) is 1. The second-order valence-electron chi connectivity index (χ2n) is 6.25. The van der Waals surface area contributed by atoms with Crippen molar-refractivity contribution in [1.29, 1.82) is 0 Å². The zero-order valence-electron chi connectivity index (χ0n) is 12.9. The Morgan fingerprint density at radius 1 is 1.30 bits per heavy atom. The van der Waals surface area contributed by atoms with E-state index in [1.165, 1.54) is 0 Å². The monoisotopic (exact) mass is 281 g/mol. The van der Waals surface area contributed by atoms with Crippen LogP contribution in [0.1, 0.15) is 46.4 Å². The largest absolute Gasteiger partial charge is 0.391 e. The van der Waals surface area contributed by atoms with Crippen LogP contribution in [0.15, 0.2) is 6.07 Å². The molecule has 0 aliphatic heterocycles. The van der Waals surface area contributed by atoms with Gasteiger partial charge in [-0.2, -0.15) is 0 Å². The van der Waals surface area contributed by atoms with E-state index in [1.807, 2.05) is 0 Å². The molecule has 1 unspecified atom stereocenters. The first-order valence-electron chi connectivity index (χ1n) is 7.10. The molecule has 0 saturated heterocycles. The number of rotatable bonds is 7. The summed E-state index contributed by atoms with van der Waals surface area (Å²) in [6.07, 6.45) is 2.10. The average molecular weight is 281 g/mol. The van der Waals surface area contributed by atoms with Crippen molar-refractivity contribution in [3.63, 3.8) is 0 Å². The highest BCUT2D eigenvalue weighted by molar-refractivity contribution is 5.46. The van der Waals surface area contributed by atoms with E-state index in [-0.39, 0.29) is 5.41 Å². The molecular weight excluding hydrogens is 254 g/mol. The maximum Gasteiger partial charge on any atom is 0.145 e. The second-order valence-corrected chi connectivity index (χ2v) is 6.25. The van der Waals surface area contributed by atoms with Crippen LogP contribution >= 0.6 is 0 Å². The molecule has 1 aromatic heterocycles. The van der Waals surface area contributed by atoms with Crippen LogP contribution in [0.3, 0.4) is 0 Å². The molecule has 0 amide bonds. The van der Waals surface area contributed by atoms with Crippen molar-refractivity contribution in [2.45, 2.75) is 53.1 Å². The van der Waals surface area contributed by atoms with Gasteiger partial charge in [0.2, 0.25) is 0 Å². The van der Waals surface area contributed by atoms with Gasteiger partial charge in [0.25, 0.3) is 0 Å². The van der Waals surface area contributed by atoms with Crippen LogP contribution in [-0.4, -0.2) is 27.7 Å². The van der Waals surface area contributed by atoms with E-state index in [4.69, 9.17) is 5.84 Å². The Morgan fingerprint density at radius 2 is 1.95 bits per heavy atom. The van der Waals surface area contributed by atoms with Crippen LogP contribution in [0, 0.1) is 5.41 Å². The third kappa shape index (κ3) is 6.16. The Hall–Kier alpha value is -1.40. The molecule has 6 nitrogen and oxygen atoms in total. The lowest BCUT2D eigenvalue weighted by molar-refractivity contribution is 0.132. The summed E-state index contributed by atoms with van der Waals surface area (Å²) in [5.74, 6) is 7.42. The molecule has 0 fully saturated rings. The highest BCUT2D eigenvalue weighted by atomic mass is 16.3. The highest BCUT2D eigenvalue weighted by Gasteiger charge is 2.16. The summed E-state index contributed by atoms with van der Waals surface area (Å²) in [6.45, 7) is 8.86. The van der Waals surface area contributed by atoms with E-state index in [0.29, 0.717) is 18.2 Å². The fourth-order valence-electron chi connectivity index (χ4n) is 2.00. The zero-order chi connectivity index (χ0) is 15.2. The first kappa shape index (κ1) is 16.7. The SMILES string of the molecule is CCCc1nc(NN)cc(NCC(O)CC(C)(C)C)n1. The quantitative estimate of drug-likeness (QED) is 0.450. The molecule has 0 saturated carbocycles. The first-order valence-corrected chi connectivity index (χ1v) is 7.10. The van der Waals surface area contributed by atoms with Gasteiger partial charge in [-0.05, 0) is 18.3 Å². The van der Waals surface area contributed by atoms with E-state index in [0.717, 1.165) is 25.1 Å². The number of aliphatic hydroxyl groups excluding tert-OH is 1. The van der Waals surface area contributed by atoms with E-state index in [2.05, 4.69) is 48.4 Å². The van der Waals surface area contributed by atoms with Crippen LogP contribution in [0.25, 0.3) is 0 Å². The van der Waals surface area contributed by atoms with Crippen molar-refractivity contribution < 1.29 is 5.11 Å². The lowest BCUT2D eigenvalue weighted by atomic mass is 9.89. The maximum atomic E-state index is 10.00. The first-order chi connectivity index (χ1) is 9.34. The van der Waals surface area contributed by atoms with Gasteiger partial charge in [-0.3, -0.25) is 0 Å². The van der Waals surface area contributed by atoms with Crippen molar-refractivity contribution in [2.24, 2.45) is 11.3 Å². The number of nitrogens with one attached hydrogen (secondary N) is 2. The standard InChI is InChI=1S/C14H27N5O/c1-5-6-11-17-12(7-13(18-11)19-15)16-9-10(20)8-14(2,3)4/h7,10,20H,5-6,8-9,15H2,1-4H3,(H2,16,17,18,19). The van der Waals surface area contributed by atoms with Crippen molar-refractivity contribution >= 4 is 11.6 Å². The van der Waals surface area contributed by atoms with Crippen LogP contribution < -0.4 is 16.6 Å². The highest BCUT2D eigenvalue weighted by Crippen LogP contribution is 2.21. The second kappa shape index (κ2) is 7.40. The van der Waals surface area contributed by atoms with E-state index < -0.39 is 6.10 Å². The van der Waals surface area contributed by atoms with Crippen LogP contribution in [0.4, 0.5) is 11.6 Å². The molecule has 0 bridgehead atoms. The van der Waals surface area contributed by atoms with Gasteiger partial charge in [-0.15, -0.1) is 0 Å². The van der Waals surface area contributed by atoms with Gasteiger partial charge in [0, 0.05) is 19.0 Å².